The third-order valence-electron chi connectivity index (χ3n) is 2.18. The van der Waals surface area contributed by atoms with Crippen molar-refractivity contribution in [1.82, 2.24) is 4.90 Å². The maximum atomic E-state index is 11.4. The van der Waals surface area contributed by atoms with Gasteiger partial charge in [0.05, 0.1) is 5.88 Å². The van der Waals surface area contributed by atoms with Gasteiger partial charge in [0.25, 0.3) is 11.8 Å². The molecule has 2 aliphatic rings. The quantitative estimate of drug-likeness (QED) is 0.543. The number of aliphatic hydroxyl groups is 1. The first kappa shape index (κ1) is 8.43. The topological polar surface area (TPSA) is 83.6 Å². The number of aliphatic hydroxyl groups excluding tert-OH is 1. The van der Waals surface area contributed by atoms with Gasteiger partial charge in [0.1, 0.15) is 17.4 Å². The molecule has 0 aromatic heterocycles. The van der Waals surface area contributed by atoms with E-state index in [4.69, 9.17) is 5.73 Å². The van der Waals surface area contributed by atoms with E-state index >= 15 is 0 Å². The van der Waals surface area contributed by atoms with Gasteiger partial charge >= 0.3 is 0 Å². The minimum Gasteiger partial charge on any atom is -0.509 e. The maximum absolute atomic E-state index is 11.4. The van der Waals surface area contributed by atoms with Gasteiger partial charge in [-0.1, -0.05) is 0 Å². The summed E-state index contributed by atoms with van der Waals surface area (Å²) in [4.78, 5) is 23.7. The molecule has 2 heterocycles. The third-order valence-corrected chi connectivity index (χ3v) is 3.19. The van der Waals surface area contributed by atoms with Gasteiger partial charge in [-0.2, -0.15) is 0 Å². The zero-order chi connectivity index (χ0) is 9.59. The molecule has 5 nitrogen and oxygen atoms in total. The van der Waals surface area contributed by atoms with Crippen LogP contribution in [-0.4, -0.2) is 39.5 Å². The van der Waals surface area contributed by atoms with E-state index in [1.165, 1.54) is 4.90 Å². The lowest BCUT2D eigenvalue weighted by molar-refractivity contribution is -0.127. The van der Waals surface area contributed by atoms with Crippen LogP contribution in [0.1, 0.15) is 0 Å². The highest BCUT2D eigenvalue weighted by Gasteiger charge is 2.44. The molecule has 0 aromatic carbocycles. The summed E-state index contributed by atoms with van der Waals surface area (Å²) < 4.78 is 0. The van der Waals surface area contributed by atoms with Crippen LogP contribution < -0.4 is 5.73 Å². The van der Waals surface area contributed by atoms with Crippen molar-refractivity contribution in [2.24, 2.45) is 5.73 Å². The summed E-state index contributed by atoms with van der Waals surface area (Å²) in [6, 6.07) is -0.333. The number of hydrogen-bond acceptors (Lipinski definition) is 4. The summed E-state index contributed by atoms with van der Waals surface area (Å²) in [7, 11) is 0. The van der Waals surface area contributed by atoms with E-state index in [-0.39, 0.29) is 17.4 Å². The van der Waals surface area contributed by atoms with Gasteiger partial charge in [-0.05, 0) is 0 Å². The molecule has 0 unspecified atom stereocenters. The van der Waals surface area contributed by atoms with Crippen LogP contribution in [0.3, 0.4) is 0 Å². The van der Waals surface area contributed by atoms with E-state index in [1.807, 2.05) is 0 Å². The highest BCUT2D eigenvalue weighted by Crippen LogP contribution is 2.33. The predicted octanol–water partition coefficient (Wildman–Crippen LogP) is -0.801. The van der Waals surface area contributed by atoms with Crippen LogP contribution in [0.15, 0.2) is 11.3 Å². The molecule has 0 saturated carbocycles. The molecule has 13 heavy (non-hydrogen) atoms. The number of thioether (sulfide) groups is 1. The van der Waals surface area contributed by atoms with Crippen LogP contribution in [0.4, 0.5) is 0 Å². The minimum absolute atomic E-state index is 0.164. The molecule has 0 bridgehead atoms. The second-order valence-electron chi connectivity index (χ2n) is 2.92. The average Bonchev–Trinajstić information content (AvgIpc) is 2.56. The smallest absolute Gasteiger partial charge is 0.264 e. The molecular formula is C7H8N2O3S. The summed E-state index contributed by atoms with van der Waals surface area (Å²) in [5, 5.41) is 9.50. The fourth-order valence-electron chi connectivity index (χ4n) is 1.52. The van der Waals surface area contributed by atoms with Crippen molar-refractivity contribution < 1.29 is 14.7 Å². The first-order valence-corrected chi connectivity index (χ1v) is 4.90. The Morgan fingerprint density at radius 1 is 1.69 bits per heavy atom. The van der Waals surface area contributed by atoms with Crippen LogP contribution in [0.5, 0.6) is 0 Å². The van der Waals surface area contributed by atoms with Gasteiger partial charge in [0, 0.05) is 5.75 Å². The zero-order valence-corrected chi connectivity index (χ0v) is 7.50. The largest absolute Gasteiger partial charge is 0.509 e. The van der Waals surface area contributed by atoms with E-state index in [0.717, 1.165) is 0 Å². The number of fused-ring (bicyclic) bond motifs is 1. The van der Waals surface area contributed by atoms with E-state index < -0.39 is 11.8 Å². The Bertz CT molecular complexity index is 326. The van der Waals surface area contributed by atoms with Crippen molar-refractivity contribution in [3.63, 3.8) is 0 Å². The van der Waals surface area contributed by atoms with E-state index in [2.05, 4.69) is 0 Å². The lowest BCUT2D eigenvalue weighted by Gasteiger charge is -2.13. The third kappa shape index (κ3) is 1.02. The SMILES string of the molecule is NC(=O)C1=C(O)[C@H]2CSCN2C1=O. The van der Waals surface area contributed by atoms with Gasteiger partial charge in [0.15, 0.2) is 0 Å². The molecular weight excluding hydrogens is 192 g/mol. The highest BCUT2D eigenvalue weighted by molar-refractivity contribution is 7.99. The standard InChI is InChI=1S/C7H8N2O3S/c8-6(11)4-5(10)3-1-13-2-9(3)7(4)12/h3,10H,1-2H2,(H2,8,11)/t3-/m1/s1. The maximum Gasteiger partial charge on any atom is 0.264 e. The highest BCUT2D eigenvalue weighted by atomic mass is 32.2. The first-order valence-electron chi connectivity index (χ1n) is 3.74. The molecule has 6 heteroatoms. The molecule has 3 N–H and O–H groups in total. The molecule has 2 rings (SSSR count). The Labute approximate surface area is 78.6 Å². The van der Waals surface area contributed by atoms with Crippen LogP contribution >= 0.6 is 11.8 Å². The van der Waals surface area contributed by atoms with Gasteiger partial charge in [-0.3, -0.25) is 9.59 Å². The first-order chi connectivity index (χ1) is 6.13. The van der Waals surface area contributed by atoms with Crippen molar-refractivity contribution in [3.05, 3.63) is 11.3 Å². The van der Waals surface area contributed by atoms with Gasteiger partial charge in [-0.25, -0.2) is 0 Å². The summed E-state index contributed by atoms with van der Waals surface area (Å²) in [5.41, 5.74) is 4.73. The fraction of sp³-hybridized carbons (Fsp3) is 0.429. The number of rotatable bonds is 1. The Balaban J connectivity index is 2.41. The van der Waals surface area contributed by atoms with Crippen LogP contribution in [0.2, 0.25) is 0 Å². The fourth-order valence-corrected chi connectivity index (χ4v) is 2.68. The number of amides is 2. The summed E-state index contributed by atoms with van der Waals surface area (Å²) in [6.45, 7) is 0. The molecule has 2 aliphatic heterocycles. The van der Waals surface area contributed by atoms with Crippen molar-refractivity contribution >= 4 is 23.6 Å². The lowest BCUT2D eigenvalue weighted by atomic mass is 10.2. The Morgan fingerprint density at radius 3 is 2.92 bits per heavy atom. The molecule has 70 valence electrons. The molecule has 1 atom stereocenters. The monoisotopic (exact) mass is 200 g/mol. The molecule has 0 radical (unpaired) electrons. The number of carbonyl (C=O) groups is 2. The molecule has 1 fully saturated rings. The summed E-state index contributed by atoms with van der Waals surface area (Å²) in [5.74, 6) is -0.303. The lowest BCUT2D eigenvalue weighted by Crippen LogP contribution is -2.32. The summed E-state index contributed by atoms with van der Waals surface area (Å²) >= 11 is 1.55. The van der Waals surface area contributed by atoms with Gasteiger partial charge < -0.3 is 15.7 Å². The van der Waals surface area contributed by atoms with E-state index in [1.54, 1.807) is 11.8 Å². The van der Waals surface area contributed by atoms with E-state index in [0.29, 0.717) is 11.6 Å². The zero-order valence-electron chi connectivity index (χ0n) is 6.69. The number of hydrogen-bond donors (Lipinski definition) is 2. The van der Waals surface area contributed by atoms with Crippen molar-refractivity contribution in [2.75, 3.05) is 11.6 Å². The molecule has 0 aliphatic carbocycles. The van der Waals surface area contributed by atoms with Crippen LogP contribution in [0.25, 0.3) is 0 Å². The molecule has 1 saturated heterocycles. The Kier molecular flexibility index (Phi) is 1.73. The van der Waals surface area contributed by atoms with Crippen molar-refractivity contribution in [3.8, 4) is 0 Å². The molecule has 0 spiro atoms. The Hall–Kier alpha value is -1.17. The minimum atomic E-state index is -0.845. The second kappa shape index (κ2) is 2.66. The number of carbonyl (C=O) groups excluding carboxylic acids is 2. The van der Waals surface area contributed by atoms with Gasteiger partial charge in [0.2, 0.25) is 0 Å². The van der Waals surface area contributed by atoms with Crippen molar-refractivity contribution in [2.45, 2.75) is 6.04 Å². The number of nitrogens with zero attached hydrogens (tertiary/aromatic N) is 1. The molecule has 2 amide bonds. The van der Waals surface area contributed by atoms with Gasteiger partial charge in [-0.15, -0.1) is 11.8 Å². The second-order valence-corrected chi connectivity index (χ2v) is 3.91. The van der Waals surface area contributed by atoms with Crippen LogP contribution in [0, 0.1) is 0 Å². The summed E-state index contributed by atoms with van der Waals surface area (Å²) in [6.07, 6.45) is 0. The molecule has 0 aromatic rings. The Morgan fingerprint density at radius 2 is 2.38 bits per heavy atom. The number of nitrogens with two attached hydrogens (primary N) is 1. The van der Waals surface area contributed by atoms with E-state index in [9.17, 15) is 14.7 Å². The van der Waals surface area contributed by atoms with Crippen LogP contribution in [-0.2, 0) is 9.59 Å². The average molecular weight is 200 g/mol. The normalized spacial score (nSPS) is 26.9. The van der Waals surface area contributed by atoms with Crippen molar-refractivity contribution in [1.29, 1.82) is 0 Å². The predicted molar refractivity (Wildman–Crippen MR) is 46.8 cm³/mol. The number of primary amides is 1.